The summed E-state index contributed by atoms with van der Waals surface area (Å²) in [5, 5.41) is 4.12. The molecule has 4 rings (SSSR count). The Morgan fingerprint density at radius 2 is 2.00 bits per heavy atom. The molecule has 1 saturated heterocycles. The van der Waals surface area contributed by atoms with Crippen molar-refractivity contribution in [1.82, 2.24) is 9.97 Å². The maximum Gasteiger partial charge on any atom is 0.245 e. The van der Waals surface area contributed by atoms with E-state index in [0.29, 0.717) is 37.8 Å². The number of aromatic nitrogens is 2. The van der Waals surface area contributed by atoms with Crippen molar-refractivity contribution in [3.05, 3.63) is 34.2 Å². The van der Waals surface area contributed by atoms with Crippen LogP contribution in [-0.4, -0.2) is 49.3 Å². The zero-order valence-electron chi connectivity index (χ0n) is 13.6. The van der Waals surface area contributed by atoms with E-state index in [1.54, 1.807) is 6.21 Å². The van der Waals surface area contributed by atoms with Crippen molar-refractivity contribution in [2.75, 3.05) is 43.4 Å². The van der Waals surface area contributed by atoms with E-state index in [1.807, 2.05) is 17.0 Å². The molecular weight excluding hydrogens is 409 g/mol. The van der Waals surface area contributed by atoms with Crippen molar-refractivity contribution in [3.63, 3.8) is 0 Å². The van der Waals surface area contributed by atoms with Crippen molar-refractivity contribution < 1.29 is 18.6 Å². The standard InChI is InChI=1S/C16H15BrFN5O3/c17-11-6-14-13(25-9-26-14)5-10(11)7-20-22-16-19-8-12(18)15(21-16)23-1-3-24-4-2-23/h5-8H,1-4,9H2,(H,19,21,22)/b20-7+. The number of morpholine rings is 1. The Kier molecular flexibility index (Phi) is 4.85. The molecule has 1 N–H and O–H groups in total. The van der Waals surface area contributed by atoms with Crippen LogP contribution in [0.25, 0.3) is 0 Å². The number of hydrazone groups is 1. The Hall–Kier alpha value is -2.46. The molecule has 0 radical (unpaired) electrons. The van der Waals surface area contributed by atoms with Crippen molar-refractivity contribution in [2.45, 2.75) is 0 Å². The molecule has 0 bridgehead atoms. The molecular formula is C16H15BrFN5O3. The van der Waals surface area contributed by atoms with Gasteiger partial charge < -0.3 is 19.1 Å². The number of benzene rings is 1. The number of hydrogen-bond donors (Lipinski definition) is 1. The lowest BCUT2D eigenvalue weighted by atomic mass is 10.2. The average Bonchev–Trinajstić information content (AvgIpc) is 3.11. The largest absolute Gasteiger partial charge is 0.454 e. The monoisotopic (exact) mass is 423 g/mol. The highest BCUT2D eigenvalue weighted by atomic mass is 79.9. The van der Waals surface area contributed by atoms with Crippen LogP contribution in [0.3, 0.4) is 0 Å². The van der Waals surface area contributed by atoms with Gasteiger partial charge >= 0.3 is 0 Å². The molecule has 2 aliphatic heterocycles. The molecule has 0 spiro atoms. The van der Waals surface area contributed by atoms with Crippen molar-refractivity contribution in [3.8, 4) is 11.5 Å². The van der Waals surface area contributed by atoms with Gasteiger partial charge in [-0.1, -0.05) is 0 Å². The van der Waals surface area contributed by atoms with Gasteiger partial charge in [-0.15, -0.1) is 0 Å². The van der Waals surface area contributed by atoms with Gasteiger partial charge in [-0.25, -0.2) is 14.8 Å². The number of nitrogens with one attached hydrogen (secondary N) is 1. The second-order valence-electron chi connectivity index (χ2n) is 5.56. The smallest absolute Gasteiger partial charge is 0.245 e. The van der Waals surface area contributed by atoms with Crippen LogP contribution >= 0.6 is 15.9 Å². The molecule has 0 saturated carbocycles. The van der Waals surface area contributed by atoms with E-state index in [1.165, 1.54) is 0 Å². The summed E-state index contributed by atoms with van der Waals surface area (Å²) in [5.41, 5.74) is 3.51. The van der Waals surface area contributed by atoms with Crippen LogP contribution < -0.4 is 19.8 Å². The Morgan fingerprint density at radius 3 is 2.81 bits per heavy atom. The molecule has 2 aromatic rings. The third-order valence-electron chi connectivity index (χ3n) is 3.90. The summed E-state index contributed by atoms with van der Waals surface area (Å²) in [7, 11) is 0. The lowest BCUT2D eigenvalue weighted by Crippen LogP contribution is -2.37. The molecule has 8 nitrogen and oxygen atoms in total. The molecule has 136 valence electrons. The van der Waals surface area contributed by atoms with E-state index >= 15 is 0 Å². The fraction of sp³-hybridized carbons (Fsp3) is 0.312. The first kappa shape index (κ1) is 17.0. The van der Waals surface area contributed by atoms with Crippen LogP contribution in [0.5, 0.6) is 11.5 Å². The number of anilines is 2. The third-order valence-corrected chi connectivity index (χ3v) is 4.58. The lowest BCUT2D eigenvalue weighted by Gasteiger charge is -2.27. The van der Waals surface area contributed by atoms with Gasteiger partial charge in [-0.3, -0.25) is 0 Å². The maximum atomic E-state index is 14.0. The number of hydrogen-bond acceptors (Lipinski definition) is 8. The highest BCUT2D eigenvalue weighted by Gasteiger charge is 2.18. The van der Waals surface area contributed by atoms with Crippen molar-refractivity contribution in [2.24, 2.45) is 5.10 Å². The average molecular weight is 424 g/mol. The van der Waals surface area contributed by atoms with Gasteiger partial charge in [-0.2, -0.15) is 10.1 Å². The van der Waals surface area contributed by atoms with Crippen LogP contribution in [0.1, 0.15) is 5.56 Å². The van der Waals surface area contributed by atoms with E-state index in [-0.39, 0.29) is 18.6 Å². The Bertz CT molecular complexity index is 845. The second kappa shape index (κ2) is 7.42. The molecule has 0 amide bonds. The molecule has 10 heteroatoms. The number of fused-ring (bicyclic) bond motifs is 1. The van der Waals surface area contributed by atoms with E-state index in [0.717, 1.165) is 16.2 Å². The highest BCUT2D eigenvalue weighted by molar-refractivity contribution is 9.10. The fourth-order valence-corrected chi connectivity index (χ4v) is 3.03. The van der Waals surface area contributed by atoms with Gasteiger partial charge in [0, 0.05) is 23.1 Å². The molecule has 3 heterocycles. The molecule has 2 aliphatic rings. The molecule has 26 heavy (non-hydrogen) atoms. The molecule has 1 fully saturated rings. The minimum atomic E-state index is -0.472. The summed E-state index contributed by atoms with van der Waals surface area (Å²) in [6.45, 7) is 2.46. The molecule has 0 atom stereocenters. The van der Waals surface area contributed by atoms with Gasteiger partial charge in [0.2, 0.25) is 12.7 Å². The Labute approximate surface area is 157 Å². The van der Waals surface area contributed by atoms with Crippen LogP contribution in [0, 0.1) is 5.82 Å². The van der Waals surface area contributed by atoms with Crippen LogP contribution in [0.2, 0.25) is 0 Å². The van der Waals surface area contributed by atoms with Crippen molar-refractivity contribution >= 4 is 33.9 Å². The summed E-state index contributed by atoms with van der Waals surface area (Å²) in [4.78, 5) is 9.95. The SMILES string of the molecule is Fc1cnc(N/N=C/c2cc3c(cc2Br)OCO3)nc1N1CCOCC1. The Morgan fingerprint density at radius 1 is 1.23 bits per heavy atom. The van der Waals surface area contributed by atoms with E-state index in [4.69, 9.17) is 14.2 Å². The third kappa shape index (κ3) is 3.56. The summed E-state index contributed by atoms with van der Waals surface area (Å²) in [5.74, 6) is 1.31. The number of rotatable bonds is 4. The van der Waals surface area contributed by atoms with Gasteiger partial charge in [0.25, 0.3) is 0 Å². The topological polar surface area (TPSA) is 81.1 Å². The predicted octanol–water partition coefficient (Wildman–Crippen LogP) is 2.39. The van der Waals surface area contributed by atoms with Crippen LogP contribution in [0.15, 0.2) is 27.9 Å². The molecule has 1 aromatic carbocycles. The highest BCUT2D eigenvalue weighted by Crippen LogP contribution is 2.36. The van der Waals surface area contributed by atoms with Gasteiger partial charge in [0.1, 0.15) is 0 Å². The van der Waals surface area contributed by atoms with Gasteiger partial charge in [-0.05, 0) is 28.1 Å². The quantitative estimate of drug-likeness (QED) is 0.597. The minimum absolute atomic E-state index is 0.203. The first-order valence-corrected chi connectivity index (χ1v) is 8.73. The fourth-order valence-electron chi connectivity index (χ4n) is 2.60. The molecule has 0 unspecified atom stereocenters. The number of ether oxygens (including phenoxy) is 3. The Balaban J connectivity index is 1.48. The summed E-state index contributed by atoms with van der Waals surface area (Å²) >= 11 is 3.46. The zero-order valence-corrected chi connectivity index (χ0v) is 15.2. The van der Waals surface area contributed by atoms with Gasteiger partial charge in [0.15, 0.2) is 23.1 Å². The minimum Gasteiger partial charge on any atom is -0.454 e. The summed E-state index contributed by atoms with van der Waals surface area (Å²) < 4.78 is 30.8. The first-order chi connectivity index (χ1) is 12.7. The van der Waals surface area contributed by atoms with E-state index in [9.17, 15) is 4.39 Å². The number of halogens is 2. The number of nitrogens with zero attached hydrogens (tertiary/aromatic N) is 4. The van der Waals surface area contributed by atoms with Crippen LogP contribution in [0.4, 0.5) is 16.2 Å². The van der Waals surface area contributed by atoms with E-state index in [2.05, 4.69) is 36.4 Å². The first-order valence-electron chi connectivity index (χ1n) is 7.94. The lowest BCUT2D eigenvalue weighted by molar-refractivity contribution is 0.122. The molecule has 0 aliphatic carbocycles. The summed E-state index contributed by atoms with van der Waals surface area (Å²) in [6.07, 6.45) is 2.72. The van der Waals surface area contributed by atoms with E-state index < -0.39 is 5.82 Å². The zero-order chi connectivity index (χ0) is 17.9. The summed E-state index contributed by atoms with van der Waals surface area (Å²) in [6, 6.07) is 3.62. The predicted molar refractivity (Wildman–Crippen MR) is 96.5 cm³/mol. The van der Waals surface area contributed by atoms with Crippen LogP contribution in [-0.2, 0) is 4.74 Å². The van der Waals surface area contributed by atoms with Gasteiger partial charge in [0.05, 0.1) is 25.6 Å². The molecule has 1 aromatic heterocycles. The van der Waals surface area contributed by atoms with Crippen molar-refractivity contribution in [1.29, 1.82) is 0 Å². The normalized spacial score (nSPS) is 16.3. The second-order valence-corrected chi connectivity index (χ2v) is 6.42. The maximum absolute atomic E-state index is 14.0.